The molecule has 2 aliphatic rings. The summed E-state index contributed by atoms with van der Waals surface area (Å²) in [6, 6.07) is 0. The number of hydrogen-bond donors (Lipinski definition) is 0. The minimum absolute atomic E-state index is 0.271. The Hall–Kier alpha value is -0.160. The summed E-state index contributed by atoms with van der Waals surface area (Å²) in [6.45, 7) is 1.87. The Morgan fingerprint density at radius 1 is 1.21 bits per heavy atom. The third-order valence-electron chi connectivity index (χ3n) is 2.93. The summed E-state index contributed by atoms with van der Waals surface area (Å²) in [4.78, 5) is 0. The van der Waals surface area contributed by atoms with Crippen molar-refractivity contribution in [2.45, 2.75) is 37.6 Å². The fourth-order valence-electron chi connectivity index (χ4n) is 2.15. The molecule has 1 aliphatic carbocycles. The summed E-state index contributed by atoms with van der Waals surface area (Å²) >= 11 is 0. The Morgan fingerprint density at radius 2 is 1.86 bits per heavy atom. The highest BCUT2D eigenvalue weighted by Gasteiger charge is 2.40. The SMILES string of the molecule is COCOC1CCC2(CC1)OCCO2. The topological polar surface area (TPSA) is 36.9 Å². The zero-order valence-corrected chi connectivity index (χ0v) is 8.66. The van der Waals surface area contributed by atoms with Gasteiger partial charge in [0.05, 0.1) is 19.3 Å². The summed E-state index contributed by atoms with van der Waals surface area (Å²) < 4.78 is 21.6. The van der Waals surface area contributed by atoms with E-state index in [1.165, 1.54) is 0 Å². The summed E-state index contributed by atoms with van der Waals surface area (Å²) in [5.41, 5.74) is 0. The average molecular weight is 202 g/mol. The molecule has 0 bridgehead atoms. The highest BCUT2D eigenvalue weighted by molar-refractivity contribution is 4.82. The van der Waals surface area contributed by atoms with Crippen molar-refractivity contribution in [2.24, 2.45) is 0 Å². The van der Waals surface area contributed by atoms with Crippen LogP contribution in [0.4, 0.5) is 0 Å². The van der Waals surface area contributed by atoms with Gasteiger partial charge in [0.2, 0.25) is 0 Å². The summed E-state index contributed by atoms with van der Waals surface area (Å²) in [5, 5.41) is 0. The Balaban J connectivity index is 1.74. The Labute approximate surface area is 84.5 Å². The molecule has 1 heterocycles. The predicted molar refractivity (Wildman–Crippen MR) is 49.9 cm³/mol. The molecule has 0 N–H and O–H groups in total. The van der Waals surface area contributed by atoms with Gasteiger partial charge in [0.25, 0.3) is 0 Å². The van der Waals surface area contributed by atoms with Gasteiger partial charge in [-0.15, -0.1) is 0 Å². The van der Waals surface area contributed by atoms with Crippen LogP contribution in [-0.2, 0) is 18.9 Å². The predicted octanol–water partition coefficient (Wildman–Crippen LogP) is 1.29. The number of hydrogen-bond acceptors (Lipinski definition) is 4. The van der Waals surface area contributed by atoms with Crippen molar-refractivity contribution in [1.82, 2.24) is 0 Å². The molecule has 4 nitrogen and oxygen atoms in total. The van der Waals surface area contributed by atoms with E-state index in [9.17, 15) is 0 Å². The van der Waals surface area contributed by atoms with Crippen molar-refractivity contribution in [3.05, 3.63) is 0 Å². The molecule has 82 valence electrons. The number of rotatable bonds is 3. The zero-order chi connectivity index (χ0) is 9.86. The first kappa shape index (κ1) is 10.4. The van der Waals surface area contributed by atoms with Crippen LogP contribution in [0.25, 0.3) is 0 Å². The van der Waals surface area contributed by atoms with E-state index in [-0.39, 0.29) is 5.79 Å². The van der Waals surface area contributed by atoms with E-state index in [2.05, 4.69) is 0 Å². The molecule has 0 aromatic carbocycles. The van der Waals surface area contributed by atoms with Crippen LogP contribution in [0.3, 0.4) is 0 Å². The van der Waals surface area contributed by atoms with Crippen LogP contribution in [0.5, 0.6) is 0 Å². The molecular weight excluding hydrogens is 184 g/mol. The fourth-order valence-corrected chi connectivity index (χ4v) is 2.15. The molecule has 0 amide bonds. The molecule has 1 saturated carbocycles. The van der Waals surface area contributed by atoms with Crippen LogP contribution >= 0.6 is 0 Å². The van der Waals surface area contributed by atoms with Gasteiger partial charge in [-0.1, -0.05) is 0 Å². The van der Waals surface area contributed by atoms with Crippen LogP contribution in [0.1, 0.15) is 25.7 Å². The molecule has 14 heavy (non-hydrogen) atoms. The van der Waals surface area contributed by atoms with Gasteiger partial charge >= 0.3 is 0 Å². The normalized spacial score (nSPS) is 27.2. The van der Waals surface area contributed by atoms with E-state index in [0.717, 1.165) is 38.9 Å². The lowest BCUT2D eigenvalue weighted by Gasteiger charge is -2.35. The Kier molecular flexibility index (Phi) is 3.38. The average Bonchev–Trinajstić information content (AvgIpc) is 2.66. The molecule has 1 aliphatic heterocycles. The molecule has 1 spiro atoms. The summed E-state index contributed by atoms with van der Waals surface area (Å²) in [7, 11) is 1.65. The Morgan fingerprint density at radius 3 is 2.43 bits per heavy atom. The minimum Gasteiger partial charge on any atom is -0.359 e. The molecule has 2 fully saturated rings. The highest BCUT2D eigenvalue weighted by atomic mass is 16.7. The van der Waals surface area contributed by atoms with Crippen LogP contribution in [-0.4, -0.2) is 39.0 Å². The molecule has 0 aromatic rings. The van der Waals surface area contributed by atoms with Gasteiger partial charge < -0.3 is 18.9 Å². The van der Waals surface area contributed by atoms with Crippen LogP contribution < -0.4 is 0 Å². The first-order valence-electron chi connectivity index (χ1n) is 5.23. The van der Waals surface area contributed by atoms with Crippen molar-refractivity contribution in [2.75, 3.05) is 27.1 Å². The van der Waals surface area contributed by atoms with E-state index in [1.807, 2.05) is 0 Å². The van der Waals surface area contributed by atoms with Crippen LogP contribution in [0.15, 0.2) is 0 Å². The second kappa shape index (κ2) is 4.57. The maximum atomic E-state index is 5.63. The van der Waals surface area contributed by atoms with Crippen molar-refractivity contribution >= 4 is 0 Å². The van der Waals surface area contributed by atoms with E-state index in [1.54, 1.807) is 7.11 Å². The van der Waals surface area contributed by atoms with Gasteiger partial charge in [0.1, 0.15) is 6.79 Å². The second-order valence-electron chi connectivity index (χ2n) is 3.88. The molecule has 0 unspecified atom stereocenters. The molecule has 0 aromatic heterocycles. The largest absolute Gasteiger partial charge is 0.359 e. The first-order valence-corrected chi connectivity index (χ1v) is 5.23. The molecule has 4 heteroatoms. The van der Waals surface area contributed by atoms with Gasteiger partial charge in [0.15, 0.2) is 5.79 Å². The lowest BCUT2D eigenvalue weighted by molar-refractivity contribution is -0.198. The third kappa shape index (κ3) is 2.25. The zero-order valence-electron chi connectivity index (χ0n) is 8.66. The standard InChI is InChI=1S/C10H18O4/c1-11-8-12-9-2-4-10(5-3-9)13-6-7-14-10/h9H,2-8H2,1H3. The summed E-state index contributed by atoms with van der Waals surface area (Å²) in [5.74, 6) is -0.271. The Bertz CT molecular complexity index is 167. The van der Waals surface area contributed by atoms with Gasteiger partial charge in [-0.05, 0) is 12.8 Å². The lowest BCUT2D eigenvalue weighted by atomic mass is 9.92. The van der Waals surface area contributed by atoms with Crippen LogP contribution in [0, 0.1) is 0 Å². The quantitative estimate of drug-likeness (QED) is 0.646. The van der Waals surface area contributed by atoms with Crippen LogP contribution in [0.2, 0.25) is 0 Å². The van der Waals surface area contributed by atoms with E-state index in [0.29, 0.717) is 12.9 Å². The molecule has 2 rings (SSSR count). The first-order chi connectivity index (χ1) is 6.85. The molecule has 0 atom stereocenters. The molecule has 0 radical (unpaired) electrons. The minimum atomic E-state index is -0.271. The van der Waals surface area contributed by atoms with Crippen molar-refractivity contribution in [3.63, 3.8) is 0 Å². The number of ether oxygens (including phenoxy) is 4. The van der Waals surface area contributed by atoms with Gasteiger partial charge in [-0.25, -0.2) is 0 Å². The lowest BCUT2D eigenvalue weighted by Crippen LogP contribution is -2.37. The third-order valence-corrected chi connectivity index (χ3v) is 2.93. The van der Waals surface area contributed by atoms with E-state index in [4.69, 9.17) is 18.9 Å². The monoisotopic (exact) mass is 202 g/mol. The van der Waals surface area contributed by atoms with Gasteiger partial charge in [-0.2, -0.15) is 0 Å². The van der Waals surface area contributed by atoms with Crippen molar-refractivity contribution in [3.8, 4) is 0 Å². The molecular formula is C10H18O4. The second-order valence-corrected chi connectivity index (χ2v) is 3.88. The van der Waals surface area contributed by atoms with Crippen molar-refractivity contribution < 1.29 is 18.9 Å². The fraction of sp³-hybridized carbons (Fsp3) is 1.00. The van der Waals surface area contributed by atoms with Crippen molar-refractivity contribution in [1.29, 1.82) is 0 Å². The summed E-state index contributed by atoms with van der Waals surface area (Å²) in [6.07, 6.45) is 4.21. The van der Waals surface area contributed by atoms with Gasteiger partial charge in [-0.3, -0.25) is 0 Å². The van der Waals surface area contributed by atoms with E-state index >= 15 is 0 Å². The number of methoxy groups -OCH3 is 1. The van der Waals surface area contributed by atoms with Gasteiger partial charge in [0, 0.05) is 20.0 Å². The smallest absolute Gasteiger partial charge is 0.168 e. The maximum absolute atomic E-state index is 5.63. The maximum Gasteiger partial charge on any atom is 0.168 e. The highest BCUT2D eigenvalue weighted by Crippen LogP contribution is 2.36. The van der Waals surface area contributed by atoms with E-state index < -0.39 is 0 Å². The molecule has 1 saturated heterocycles.